The van der Waals surface area contributed by atoms with Crippen LogP contribution < -0.4 is 15.0 Å². The summed E-state index contributed by atoms with van der Waals surface area (Å²) in [6.45, 7) is 4.27. The van der Waals surface area contributed by atoms with Crippen molar-refractivity contribution in [1.29, 1.82) is 0 Å². The third kappa shape index (κ3) is 3.90. The van der Waals surface area contributed by atoms with Gasteiger partial charge in [-0.2, -0.15) is 0 Å². The number of aromatic nitrogens is 1. The Morgan fingerprint density at radius 2 is 1.93 bits per heavy atom. The lowest BCUT2D eigenvalue weighted by molar-refractivity contribution is 0.0927. The maximum absolute atomic E-state index is 12.7. The van der Waals surface area contributed by atoms with Gasteiger partial charge in [0, 0.05) is 19.1 Å². The van der Waals surface area contributed by atoms with Crippen LogP contribution in [0.1, 0.15) is 30.1 Å². The number of rotatable bonds is 5. The molecule has 0 spiro atoms. The molecule has 0 aliphatic carbocycles. The predicted molar refractivity (Wildman–Crippen MR) is 110 cm³/mol. The standard InChI is InChI=1S/C21H23N3O2S/c1-2-26-18-9-5-3-7-16(18)20(25)22-15-11-13-24(14-12-15)21-23-17-8-4-6-10-19(17)27-21/h3-10,15H,2,11-14H2,1H3,(H,22,25). The molecular formula is C21H23N3O2S. The number of piperidine rings is 1. The van der Waals surface area contributed by atoms with E-state index < -0.39 is 0 Å². The first-order chi connectivity index (χ1) is 13.2. The Kier molecular flexibility index (Phi) is 5.25. The van der Waals surface area contributed by atoms with E-state index >= 15 is 0 Å². The molecule has 0 unspecified atom stereocenters. The molecular weight excluding hydrogens is 358 g/mol. The van der Waals surface area contributed by atoms with Crippen molar-refractivity contribution in [3.05, 3.63) is 54.1 Å². The van der Waals surface area contributed by atoms with Crippen molar-refractivity contribution in [3.8, 4) is 5.75 Å². The third-order valence-electron chi connectivity index (χ3n) is 4.81. The van der Waals surface area contributed by atoms with Crippen molar-refractivity contribution in [2.45, 2.75) is 25.8 Å². The van der Waals surface area contributed by atoms with Gasteiger partial charge in [0.15, 0.2) is 5.13 Å². The molecule has 2 heterocycles. The molecule has 1 amide bonds. The average Bonchev–Trinajstić information content (AvgIpc) is 3.13. The Labute approximate surface area is 163 Å². The van der Waals surface area contributed by atoms with E-state index in [0.29, 0.717) is 17.9 Å². The molecule has 0 bridgehead atoms. The monoisotopic (exact) mass is 381 g/mol. The van der Waals surface area contributed by atoms with Crippen molar-refractivity contribution in [1.82, 2.24) is 10.3 Å². The van der Waals surface area contributed by atoms with E-state index in [1.807, 2.05) is 43.3 Å². The van der Waals surface area contributed by atoms with E-state index in [1.54, 1.807) is 11.3 Å². The molecule has 0 saturated carbocycles. The van der Waals surface area contributed by atoms with Crippen LogP contribution in [0, 0.1) is 0 Å². The second-order valence-corrected chi connectivity index (χ2v) is 7.64. The molecule has 140 valence electrons. The summed E-state index contributed by atoms with van der Waals surface area (Å²) >= 11 is 1.73. The topological polar surface area (TPSA) is 54.5 Å². The van der Waals surface area contributed by atoms with Crippen LogP contribution in [-0.4, -0.2) is 36.6 Å². The SMILES string of the molecule is CCOc1ccccc1C(=O)NC1CCN(c2nc3ccccc3s2)CC1. The van der Waals surface area contributed by atoms with Crippen molar-refractivity contribution >= 4 is 32.6 Å². The summed E-state index contributed by atoms with van der Waals surface area (Å²) in [6.07, 6.45) is 1.83. The fourth-order valence-electron chi connectivity index (χ4n) is 3.41. The molecule has 1 saturated heterocycles. The quantitative estimate of drug-likeness (QED) is 0.723. The summed E-state index contributed by atoms with van der Waals surface area (Å²) in [5.41, 5.74) is 1.66. The zero-order valence-corrected chi connectivity index (χ0v) is 16.2. The maximum atomic E-state index is 12.7. The van der Waals surface area contributed by atoms with Gasteiger partial charge in [-0.25, -0.2) is 4.98 Å². The van der Waals surface area contributed by atoms with Gasteiger partial charge in [0.1, 0.15) is 5.75 Å². The van der Waals surface area contributed by atoms with E-state index in [2.05, 4.69) is 22.3 Å². The van der Waals surface area contributed by atoms with Gasteiger partial charge in [0.05, 0.1) is 22.4 Å². The highest BCUT2D eigenvalue weighted by Crippen LogP contribution is 2.30. The van der Waals surface area contributed by atoms with Crippen LogP contribution in [-0.2, 0) is 0 Å². The lowest BCUT2D eigenvalue weighted by atomic mass is 10.0. The van der Waals surface area contributed by atoms with E-state index in [9.17, 15) is 4.79 Å². The van der Waals surface area contributed by atoms with Gasteiger partial charge in [-0.1, -0.05) is 35.6 Å². The second kappa shape index (κ2) is 7.96. The summed E-state index contributed by atoms with van der Waals surface area (Å²) in [4.78, 5) is 19.7. The van der Waals surface area contributed by atoms with Crippen LogP contribution in [0.25, 0.3) is 10.2 Å². The molecule has 1 aliphatic rings. The molecule has 3 aromatic rings. The van der Waals surface area contributed by atoms with Crippen LogP contribution in [0.3, 0.4) is 0 Å². The first kappa shape index (κ1) is 17.8. The zero-order chi connectivity index (χ0) is 18.6. The van der Waals surface area contributed by atoms with Crippen LogP contribution >= 0.6 is 11.3 Å². The largest absolute Gasteiger partial charge is 0.493 e. The summed E-state index contributed by atoms with van der Waals surface area (Å²) in [5.74, 6) is 0.585. The van der Waals surface area contributed by atoms with Crippen LogP contribution in [0.15, 0.2) is 48.5 Å². The zero-order valence-electron chi connectivity index (χ0n) is 15.4. The average molecular weight is 382 g/mol. The van der Waals surface area contributed by atoms with E-state index in [-0.39, 0.29) is 11.9 Å². The molecule has 27 heavy (non-hydrogen) atoms. The number of benzene rings is 2. The van der Waals surface area contributed by atoms with Crippen LogP contribution in [0.4, 0.5) is 5.13 Å². The number of thiazole rings is 1. The predicted octanol–water partition coefficient (Wildman–Crippen LogP) is 4.09. The number of nitrogens with zero attached hydrogens (tertiary/aromatic N) is 2. The fraction of sp³-hybridized carbons (Fsp3) is 0.333. The lowest BCUT2D eigenvalue weighted by Gasteiger charge is -2.32. The highest BCUT2D eigenvalue weighted by atomic mass is 32.1. The first-order valence-electron chi connectivity index (χ1n) is 9.38. The first-order valence-corrected chi connectivity index (χ1v) is 10.2. The van der Waals surface area contributed by atoms with E-state index in [0.717, 1.165) is 36.6 Å². The van der Waals surface area contributed by atoms with E-state index in [1.165, 1.54) is 4.70 Å². The Morgan fingerprint density at radius 3 is 2.70 bits per heavy atom. The lowest BCUT2D eigenvalue weighted by Crippen LogP contribution is -2.44. The number of hydrogen-bond donors (Lipinski definition) is 1. The van der Waals surface area contributed by atoms with Gasteiger partial charge in [-0.05, 0) is 44.0 Å². The summed E-state index contributed by atoms with van der Waals surface area (Å²) in [7, 11) is 0. The fourth-order valence-corrected chi connectivity index (χ4v) is 4.43. The van der Waals surface area contributed by atoms with Crippen molar-refractivity contribution < 1.29 is 9.53 Å². The Morgan fingerprint density at radius 1 is 1.19 bits per heavy atom. The number of carbonyl (C=O) groups excluding carboxylic acids is 1. The Balaban J connectivity index is 1.37. The number of para-hydroxylation sites is 2. The number of fused-ring (bicyclic) bond motifs is 1. The minimum atomic E-state index is -0.0579. The van der Waals surface area contributed by atoms with Crippen LogP contribution in [0.5, 0.6) is 5.75 Å². The highest BCUT2D eigenvalue weighted by Gasteiger charge is 2.24. The highest BCUT2D eigenvalue weighted by molar-refractivity contribution is 7.22. The summed E-state index contributed by atoms with van der Waals surface area (Å²) in [5, 5.41) is 4.24. The van der Waals surface area contributed by atoms with Gasteiger partial charge in [0.25, 0.3) is 5.91 Å². The number of ether oxygens (including phenoxy) is 1. The molecule has 1 N–H and O–H groups in total. The van der Waals surface area contributed by atoms with Crippen LogP contribution in [0.2, 0.25) is 0 Å². The van der Waals surface area contributed by atoms with Crippen molar-refractivity contribution in [2.24, 2.45) is 0 Å². The second-order valence-electron chi connectivity index (χ2n) is 6.63. The minimum absolute atomic E-state index is 0.0579. The smallest absolute Gasteiger partial charge is 0.255 e. The van der Waals surface area contributed by atoms with E-state index in [4.69, 9.17) is 9.72 Å². The third-order valence-corrected chi connectivity index (χ3v) is 5.91. The number of carbonyl (C=O) groups is 1. The summed E-state index contributed by atoms with van der Waals surface area (Å²) < 4.78 is 6.79. The molecule has 2 aromatic carbocycles. The van der Waals surface area contributed by atoms with Gasteiger partial charge >= 0.3 is 0 Å². The Bertz CT molecular complexity index is 899. The molecule has 6 heteroatoms. The van der Waals surface area contributed by atoms with Gasteiger partial charge in [0.2, 0.25) is 0 Å². The molecule has 1 fully saturated rings. The van der Waals surface area contributed by atoms with Crippen molar-refractivity contribution in [3.63, 3.8) is 0 Å². The molecule has 5 nitrogen and oxygen atoms in total. The normalized spacial score (nSPS) is 15.1. The molecule has 0 atom stereocenters. The Hall–Kier alpha value is -2.60. The minimum Gasteiger partial charge on any atom is -0.493 e. The summed E-state index contributed by atoms with van der Waals surface area (Å²) in [6, 6.07) is 15.8. The number of amides is 1. The van der Waals surface area contributed by atoms with Crippen molar-refractivity contribution in [2.75, 3.05) is 24.6 Å². The van der Waals surface area contributed by atoms with Gasteiger partial charge in [-0.15, -0.1) is 0 Å². The molecule has 1 aromatic heterocycles. The number of hydrogen-bond acceptors (Lipinski definition) is 5. The van der Waals surface area contributed by atoms with Gasteiger partial charge in [-0.3, -0.25) is 4.79 Å². The van der Waals surface area contributed by atoms with Gasteiger partial charge < -0.3 is 15.0 Å². The molecule has 1 aliphatic heterocycles. The maximum Gasteiger partial charge on any atom is 0.255 e. The number of nitrogens with one attached hydrogen (secondary N) is 1. The molecule has 4 rings (SSSR count). The number of anilines is 1. The molecule has 0 radical (unpaired) electrons.